The number of aryl methyl sites for hydroxylation is 1. The van der Waals surface area contributed by atoms with Crippen molar-refractivity contribution in [1.82, 2.24) is 0 Å². The number of benzene rings is 2. The molecule has 0 aliphatic heterocycles. The van der Waals surface area contributed by atoms with Gasteiger partial charge >= 0.3 is 12.1 Å². The molecule has 0 spiro atoms. The van der Waals surface area contributed by atoms with Crippen LogP contribution in [0, 0.1) is 17.0 Å². The fourth-order valence-electron chi connectivity index (χ4n) is 2.16. The number of esters is 1. The molecular weight excluding hydrogens is 369 g/mol. The molecule has 1 amide bonds. The number of hydrogen-bond acceptors (Lipinski definition) is 5. The maximum absolute atomic E-state index is 12.7. The average molecular weight is 382 g/mol. The highest BCUT2D eigenvalue weighted by molar-refractivity contribution is 5.97. The molecule has 0 aromatic heterocycles. The minimum atomic E-state index is -4.77. The van der Waals surface area contributed by atoms with Gasteiger partial charge in [0.2, 0.25) is 0 Å². The van der Waals surface area contributed by atoms with Gasteiger partial charge in [-0.15, -0.1) is 0 Å². The first-order chi connectivity index (χ1) is 12.6. The summed E-state index contributed by atoms with van der Waals surface area (Å²) in [5.74, 6) is -1.70. The van der Waals surface area contributed by atoms with Crippen molar-refractivity contribution in [1.29, 1.82) is 0 Å². The third-order valence-electron chi connectivity index (χ3n) is 3.50. The summed E-state index contributed by atoms with van der Waals surface area (Å²) in [5.41, 5.74) is -1.72. The Morgan fingerprint density at radius 2 is 1.85 bits per heavy atom. The molecule has 27 heavy (non-hydrogen) atoms. The van der Waals surface area contributed by atoms with Crippen LogP contribution in [0.3, 0.4) is 0 Å². The van der Waals surface area contributed by atoms with Gasteiger partial charge in [-0.1, -0.05) is 18.2 Å². The second-order valence-electron chi connectivity index (χ2n) is 5.43. The third-order valence-corrected chi connectivity index (χ3v) is 3.50. The first kappa shape index (κ1) is 19.9. The van der Waals surface area contributed by atoms with Crippen LogP contribution in [0.1, 0.15) is 21.5 Å². The van der Waals surface area contributed by atoms with E-state index < -0.39 is 46.5 Å². The molecule has 0 atom stereocenters. The normalized spacial score (nSPS) is 11.0. The number of nitro groups is 1. The predicted octanol–water partition coefficient (Wildman–Crippen LogP) is 3.72. The van der Waals surface area contributed by atoms with Crippen LogP contribution < -0.4 is 5.32 Å². The largest absolute Gasteiger partial charge is 0.452 e. The van der Waals surface area contributed by atoms with Gasteiger partial charge < -0.3 is 10.1 Å². The van der Waals surface area contributed by atoms with Gasteiger partial charge in [-0.25, -0.2) is 4.79 Å². The highest BCUT2D eigenvalue weighted by atomic mass is 19.4. The van der Waals surface area contributed by atoms with E-state index in [1.54, 1.807) is 25.1 Å². The molecule has 0 fully saturated rings. The van der Waals surface area contributed by atoms with E-state index in [1.165, 1.54) is 6.07 Å². The van der Waals surface area contributed by atoms with E-state index in [-0.39, 0.29) is 5.56 Å². The molecule has 0 aliphatic rings. The van der Waals surface area contributed by atoms with Gasteiger partial charge in [0.25, 0.3) is 11.6 Å². The number of nitrogens with zero attached hydrogens (tertiary/aromatic N) is 1. The van der Waals surface area contributed by atoms with Crippen LogP contribution in [0.2, 0.25) is 0 Å². The molecule has 0 saturated heterocycles. The number of alkyl halides is 3. The Bertz CT molecular complexity index is 896. The number of hydrogen-bond donors (Lipinski definition) is 1. The zero-order valence-electron chi connectivity index (χ0n) is 13.9. The van der Waals surface area contributed by atoms with Gasteiger partial charge in [-0.3, -0.25) is 14.9 Å². The van der Waals surface area contributed by atoms with E-state index in [1.807, 2.05) is 0 Å². The van der Waals surface area contributed by atoms with Crippen molar-refractivity contribution in [3.05, 3.63) is 69.3 Å². The summed E-state index contributed by atoms with van der Waals surface area (Å²) in [7, 11) is 0. The number of amides is 1. The summed E-state index contributed by atoms with van der Waals surface area (Å²) in [4.78, 5) is 33.7. The molecule has 7 nitrogen and oxygen atoms in total. The SMILES string of the molecule is Cc1ccccc1C(=O)OCC(=O)Nc1ccc(C(F)(F)F)cc1[N+](=O)[O-]. The zero-order valence-corrected chi connectivity index (χ0v) is 13.9. The van der Waals surface area contributed by atoms with Crippen LogP contribution in [0.5, 0.6) is 0 Å². The molecule has 0 heterocycles. The molecule has 2 rings (SSSR count). The van der Waals surface area contributed by atoms with Gasteiger partial charge in [0.15, 0.2) is 6.61 Å². The quantitative estimate of drug-likeness (QED) is 0.483. The van der Waals surface area contributed by atoms with Crippen LogP contribution in [0.25, 0.3) is 0 Å². The van der Waals surface area contributed by atoms with Crippen LogP contribution in [-0.4, -0.2) is 23.4 Å². The lowest BCUT2D eigenvalue weighted by atomic mass is 10.1. The number of ether oxygens (including phenoxy) is 1. The zero-order chi connectivity index (χ0) is 20.2. The standard InChI is InChI=1S/C17H13F3N2O5/c1-10-4-2-3-5-12(10)16(24)27-9-15(23)21-13-7-6-11(17(18,19)20)8-14(13)22(25)26/h2-8H,9H2,1H3,(H,21,23). The molecule has 10 heteroatoms. The highest BCUT2D eigenvalue weighted by Gasteiger charge is 2.33. The molecule has 0 aliphatic carbocycles. The topological polar surface area (TPSA) is 98.5 Å². The molecule has 2 aromatic carbocycles. The summed E-state index contributed by atoms with van der Waals surface area (Å²) >= 11 is 0. The molecule has 2 aromatic rings. The second kappa shape index (κ2) is 7.85. The minimum absolute atomic E-state index is 0.241. The Labute approximate surface area is 150 Å². The molecule has 0 bridgehead atoms. The van der Waals surface area contributed by atoms with Crippen LogP contribution in [-0.2, 0) is 15.7 Å². The second-order valence-corrected chi connectivity index (χ2v) is 5.43. The van der Waals surface area contributed by atoms with Gasteiger partial charge in [0.1, 0.15) is 5.69 Å². The molecule has 0 radical (unpaired) electrons. The summed E-state index contributed by atoms with van der Waals surface area (Å²) in [6.45, 7) is 0.910. The van der Waals surface area contributed by atoms with Crippen LogP contribution in [0.15, 0.2) is 42.5 Å². The van der Waals surface area contributed by atoms with E-state index in [2.05, 4.69) is 5.32 Å². The number of halogens is 3. The number of nitrogens with one attached hydrogen (secondary N) is 1. The van der Waals surface area contributed by atoms with E-state index >= 15 is 0 Å². The van der Waals surface area contributed by atoms with Gasteiger partial charge in [0.05, 0.1) is 16.1 Å². The van der Waals surface area contributed by atoms with Crippen LogP contribution in [0.4, 0.5) is 24.5 Å². The first-order valence-electron chi connectivity index (χ1n) is 7.48. The van der Waals surface area contributed by atoms with E-state index in [4.69, 9.17) is 4.74 Å². The fourth-order valence-corrected chi connectivity index (χ4v) is 2.16. The van der Waals surface area contributed by atoms with Crippen molar-refractivity contribution in [3.63, 3.8) is 0 Å². The van der Waals surface area contributed by atoms with Gasteiger partial charge in [-0.05, 0) is 30.7 Å². The van der Waals surface area contributed by atoms with Crippen molar-refractivity contribution in [2.45, 2.75) is 13.1 Å². The Kier molecular flexibility index (Phi) is 5.78. The molecule has 0 saturated carbocycles. The van der Waals surface area contributed by atoms with Gasteiger partial charge in [-0.2, -0.15) is 13.2 Å². The van der Waals surface area contributed by atoms with Crippen molar-refractivity contribution in [3.8, 4) is 0 Å². The molecule has 142 valence electrons. The summed E-state index contributed by atoms with van der Waals surface area (Å²) in [6.07, 6.45) is -4.77. The smallest absolute Gasteiger partial charge is 0.416 e. The third kappa shape index (κ3) is 5.03. The maximum Gasteiger partial charge on any atom is 0.416 e. The van der Waals surface area contributed by atoms with Crippen molar-refractivity contribution >= 4 is 23.3 Å². The predicted molar refractivity (Wildman–Crippen MR) is 88.2 cm³/mol. The lowest BCUT2D eigenvalue weighted by Gasteiger charge is -2.10. The molecule has 0 unspecified atom stereocenters. The Hall–Kier alpha value is -3.43. The van der Waals surface area contributed by atoms with Gasteiger partial charge in [0, 0.05) is 6.07 Å². The van der Waals surface area contributed by atoms with Crippen LogP contribution >= 0.6 is 0 Å². The minimum Gasteiger partial charge on any atom is -0.452 e. The van der Waals surface area contributed by atoms with E-state index in [9.17, 15) is 32.9 Å². The van der Waals surface area contributed by atoms with E-state index in [0.717, 1.165) is 6.07 Å². The lowest BCUT2D eigenvalue weighted by molar-refractivity contribution is -0.384. The Balaban J connectivity index is 2.08. The summed E-state index contributed by atoms with van der Waals surface area (Å²) in [6, 6.07) is 8.16. The summed E-state index contributed by atoms with van der Waals surface area (Å²) in [5, 5.41) is 13.0. The number of carbonyl (C=O) groups is 2. The van der Waals surface area contributed by atoms with E-state index in [0.29, 0.717) is 17.7 Å². The van der Waals surface area contributed by atoms with Crippen molar-refractivity contribution in [2.75, 3.05) is 11.9 Å². The number of anilines is 1. The van der Waals surface area contributed by atoms with Crippen molar-refractivity contribution in [2.24, 2.45) is 0 Å². The van der Waals surface area contributed by atoms with Crippen molar-refractivity contribution < 1.29 is 32.4 Å². The maximum atomic E-state index is 12.7. The number of rotatable bonds is 5. The Morgan fingerprint density at radius 1 is 1.19 bits per heavy atom. The first-order valence-corrected chi connectivity index (χ1v) is 7.48. The summed E-state index contributed by atoms with van der Waals surface area (Å²) < 4.78 is 42.8. The number of carbonyl (C=O) groups excluding carboxylic acids is 2. The molecule has 1 N–H and O–H groups in total. The molecular formula is C17H13F3N2O5. The highest BCUT2D eigenvalue weighted by Crippen LogP contribution is 2.34. The lowest BCUT2D eigenvalue weighted by Crippen LogP contribution is -2.22. The average Bonchev–Trinajstić information content (AvgIpc) is 2.59. The fraction of sp³-hybridized carbons (Fsp3) is 0.176. The Morgan fingerprint density at radius 3 is 2.44 bits per heavy atom. The monoisotopic (exact) mass is 382 g/mol. The number of nitro benzene ring substituents is 1.